The quantitative estimate of drug-likeness (QED) is 0.634. The molecular formula is C25H37N5OS2. The molecule has 2 aromatic rings. The molecule has 5 rings (SSSR count). The summed E-state index contributed by atoms with van der Waals surface area (Å²) in [7, 11) is 0. The first-order chi connectivity index (χ1) is 16.0. The molecule has 1 unspecified atom stereocenters. The summed E-state index contributed by atoms with van der Waals surface area (Å²) >= 11 is 3.56. The summed E-state index contributed by atoms with van der Waals surface area (Å²) in [6, 6.07) is 1.02. The van der Waals surface area contributed by atoms with Gasteiger partial charge in [-0.25, -0.2) is 9.97 Å². The Bertz CT molecular complexity index is 923. The highest BCUT2D eigenvalue weighted by atomic mass is 32.1. The molecule has 180 valence electrons. The zero-order chi connectivity index (χ0) is 22.8. The van der Waals surface area contributed by atoms with E-state index in [1.807, 2.05) is 24.5 Å². The fourth-order valence-corrected chi connectivity index (χ4v) is 7.44. The van der Waals surface area contributed by atoms with Crippen molar-refractivity contribution < 1.29 is 4.79 Å². The molecule has 0 spiro atoms. The predicted molar refractivity (Wildman–Crippen MR) is 136 cm³/mol. The largest absolute Gasteiger partial charge is 0.353 e. The van der Waals surface area contributed by atoms with E-state index in [0.717, 1.165) is 48.0 Å². The van der Waals surface area contributed by atoms with Gasteiger partial charge in [0.1, 0.15) is 0 Å². The summed E-state index contributed by atoms with van der Waals surface area (Å²) in [5.41, 5.74) is 1.36. The SMILES string of the molecule is Cc1ncc(CC(=O)NC2CCC(CCN3CCc4nc(N5CCC5C)sc4CC3)CC2)s1. The van der Waals surface area contributed by atoms with Gasteiger partial charge in [-0.2, -0.15) is 0 Å². The maximum Gasteiger partial charge on any atom is 0.225 e. The summed E-state index contributed by atoms with van der Waals surface area (Å²) in [4.78, 5) is 29.3. The van der Waals surface area contributed by atoms with Crippen molar-refractivity contribution in [3.05, 3.63) is 26.7 Å². The van der Waals surface area contributed by atoms with E-state index in [1.165, 1.54) is 61.0 Å². The topological polar surface area (TPSA) is 61.4 Å². The number of hydrogen-bond donors (Lipinski definition) is 1. The van der Waals surface area contributed by atoms with Crippen molar-refractivity contribution in [1.29, 1.82) is 0 Å². The van der Waals surface area contributed by atoms with Crippen LogP contribution >= 0.6 is 22.7 Å². The van der Waals surface area contributed by atoms with Crippen LogP contribution in [0.25, 0.3) is 0 Å². The lowest BCUT2D eigenvalue weighted by molar-refractivity contribution is -0.121. The Kier molecular flexibility index (Phi) is 7.33. The standard InChI is InChI=1S/C25H37N5OS2/c1-17-7-14-30(17)25-28-22-9-12-29(13-10-23(22)33-25)11-8-19-3-5-20(6-4-19)27-24(31)15-21-16-26-18(2)32-21/h16-17,19-20H,3-15H2,1-2H3,(H,27,31). The number of carbonyl (C=O) groups excluding carboxylic acids is 1. The van der Waals surface area contributed by atoms with Gasteiger partial charge >= 0.3 is 0 Å². The van der Waals surface area contributed by atoms with Gasteiger partial charge in [-0.3, -0.25) is 4.79 Å². The van der Waals surface area contributed by atoms with Crippen LogP contribution in [0.5, 0.6) is 0 Å². The minimum Gasteiger partial charge on any atom is -0.353 e. The van der Waals surface area contributed by atoms with Gasteiger partial charge in [0.15, 0.2) is 5.13 Å². The van der Waals surface area contributed by atoms with E-state index in [0.29, 0.717) is 18.5 Å². The number of thiazole rings is 2. The third-order valence-corrected chi connectivity index (χ3v) is 9.83. The normalized spacial score (nSPS) is 25.9. The number of nitrogens with one attached hydrogen (secondary N) is 1. The van der Waals surface area contributed by atoms with Crippen LogP contribution < -0.4 is 10.2 Å². The lowest BCUT2D eigenvalue weighted by Gasteiger charge is -2.38. The number of hydrogen-bond acceptors (Lipinski definition) is 7. The highest BCUT2D eigenvalue weighted by molar-refractivity contribution is 7.15. The van der Waals surface area contributed by atoms with Crippen LogP contribution in [-0.2, 0) is 24.1 Å². The number of aryl methyl sites for hydroxylation is 1. The Morgan fingerprint density at radius 1 is 1.12 bits per heavy atom. The fraction of sp³-hybridized carbons (Fsp3) is 0.720. The van der Waals surface area contributed by atoms with Crippen LogP contribution in [0.3, 0.4) is 0 Å². The lowest BCUT2D eigenvalue weighted by Crippen LogP contribution is -2.45. The average Bonchev–Trinajstić information content (AvgIpc) is 3.33. The molecule has 2 aromatic heterocycles. The zero-order valence-corrected chi connectivity index (χ0v) is 21.6. The van der Waals surface area contributed by atoms with Crippen molar-refractivity contribution in [3.63, 3.8) is 0 Å². The molecule has 2 fully saturated rings. The van der Waals surface area contributed by atoms with Gasteiger partial charge in [0.2, 0.25) is 5.91 Å². The van der Waals surface area contributed by atoms with Gasteiger partial charge in [-0.05, 0) is 71.3 Å². The molecule has 6 nitrogen and oxygen atoms in total. The molecule has 2 aliphatic heterocycles. The highest BCUT2D eigenvalue weighted by Gasteiger charge is 2.29. The first kappa shape index (κ1) is 23.2. The summed E-state index contributed by atoms with van der Waals surface area (Å²) in [6.07, 6.45) is 11.9. The summed E-state index contributed by atoms with van der Waals surface area (Å²) in [6.45, 7) is 9.00. The molecule has 4 heterocycles. The van der Waals surface area contributed by atoms with E-state index in [-0.39, 0.29) is 5.91 Å². The fourth-order valence-electron chi connectivity index (χ4n) is 5.43. The lowest BCUT2D eigenvalue weighted by atomic mass is 9.84. The first-order valence-corrected chi connectivity index (χ1v) is 14.3. The number of carbonyl (C=O) groups is 1. The minimum absolute atomic E-state index is 0.152. The Morgan fingerprint density at radius 2 is 1.94 bits per heavy atom. The number of rotatable bonds is 7. The second-order valence-electron chi connectivity index (χ2n) is 10.1. The Hall–Kier alpha value is -1.51. The second kappa shape index (κ2) is 10.4. The molecular weight excluding hydrogens is 450 g/mol. The summed E-state index contributed by atoms with van der Waals surface area (Å²) in [5, 5.41) is 5.55. The molecule has 1 saturated carbocycles. The van der Waals surface area contributed by atoms with Gasteiger partial charge in [0.25, 0.3) is 0 Å². The molecule has 3 aliphatic rings. The third kappa shape index (κ3) is 5.77. The monoisotopic (exact) mass is 487 g/mol. The molecule has 8 heteroatoms. The van der Waals surface area contributed by atoms with E-state index in [9.17, 15) is 4.79 Å². The average molecular weight is 488 g/mol. The highest BCUT2D eigenvalue weighted by Crippen LogP contribution is 2.34. The molecule has 0 aromatic carbocycles. The van der Waals surface area contributed by atoms with Crippen molar-refractivity contribution in [2.75, 3.05) is 31.1 Å². The maximum atomic E-state index is 12.4. The van der Waals surface area contributed by atoms with Gasteiger partial charge < -0.3 is 15.1 Å². The van der Waals surface area contributed by atoms with E-state index in [2.05, 4.69) is 27.0 Å². The third-order valence-electron chi connectivity index (χ3n) is 7.72. The molecule has 1 saturated heterocycles. The van der Waals surface area contributed by atoms with Gasteiger partial charge in [-0.1, -0.05) is 0 Å². The van der Waals surface area contributed by atoms with Crippen molar-refractivity contribution in [1.82, 2.24) is 20.2 Å². The summed E-state index contributed by atoms with van der Waals surface area (Å²) < 4.78 is 0. The maximum absolute atomic E-state index is 12.4. The Labute approximate surface area is 205 Å². The van der Waals surface area contributed by atoms with Crippen LogP contribution in [0.1, 0.15) is 65.9 Å². The molecule has 1 N–H and O–H groups in total. The van der Waals surface area contributed by atoms with Crippen LogP contribution in [0, 0.1) is 12.8 Å². The summed E-state index contributed by atoms with van der Waals surface area (Å²) in [5.74, 6) is 0.955. The van der Waals surface area contributed by atoms with E-state index in [4.69, 9.17) is 4.98 Å². The number of fused-ring (bicyclic) bond motifs is 1. The van der Waals surface area contributed by atoms with Crippen molar-refractivity contribution in [2.45, 2.75) is 83.7 Å². The number of amides is 1. The first-order valence-electron chi connectivity index (χ1n) is 12.7. The smallest absolute Gasteiger partial charge is 0.225 e. The van der Waals surface area contributed by atoms with Crippen LogP contribution in [0.2, 0.25) is 0 Å². The number of nitrogens with zero attached hydrogens (tertiary/aromatic N) is 4. The van der Waals surface area contributed by atoms with Gasteiger partial charge in [-0.15, -0.1) is 22.7 Å². The Balaban J connectivity index is 1.00. The van der Waals surface area contributed by atoms with Gasteiger partial charge in [0.05, 0.1) is 17.1 Å². The van der Waals surface area contributed by atoms with Gasteiger partial charge in [0, 0.05) is 54.1 Å². The molecule has 0 radical (unpaired) electrons. The van der Waals surface area contributed by atoms with E-state index >= 15 is 0 Å². The number of anilines is 1. The predicted octanol–water partition coefficient (Wildman–Crippen LogP) is 4.22. The van der Waals surface area contributed by atoms with Crippen molar-refractivity contribution in [2.24, 2.45) is 5.92 Å². The van der Waals surface area contributed by atoms with Crippen LogP contribution in [-0.4, -0.2) is 59.0 Å². The minimum atomic E-state index is 0.152. The second-order valence-corrected chi connectivity index (χ2v) is 12.5. The molecule has 0 bridgehead atoms. The molecule has 1 amide bonds. The molecule has 1 aliphatic carbocycles. The molecule has 1 atom stereocenters. The molecule has 33 heavy (non-hydrogen) atoms. The van der Waals surface area contributed by atoms with Crippen molar-refractivity contribution >= 4 is 33.7 Å². The van der Waals surface area contributed by atoms with Crippen LogP contribution in [0.4, 0.5) is 5.13 Å². The Morgan fingerprint density at radius 3 is 2.64 bits per heavy atom. The number of aromatic nitrogens is 2. The van der Waals surface area contributed by atoms with E-state index in [1.54, 1.807) is 11.3 Å². The zero-order valence-electron chi connectivity index (χ0n) is 20.0. The van der Waals surface area contributed by atoms with Crippen molar-refractivity contribution in [3.8, 4) is 0 Å². The van der Waals surface area contributed by atoms with E-state index < -0.39 is 0 Å². The van der Waals surface area contributed by atoms with Crippen LogP contribution in [0.15, 0.2) is 6.20 Å².